The van der Waals surface area contributed by atoms with E-state index in [2.05, 4.69) is 10.8 Å². The van der Waals surface area contributed by atoms with Crippen LogP contribution in [0.3, 0.4) is 0 Å². The molecule has 0 saturated carbocycles. The van der Waals surface area contributed by atoms with E-state index >= 15 is 0 Å². The summed E-state index contributed by atoms with van der Waals surface area (Å²) in [6.07, 6.45) is 1.72. The second-order valence-electron chi connectivity index (χ2n) is 4.03. The fourth-order valence-corrected chi connectivity index (χ4v) is 1.73. The molecular weight excluding hydrogens is 226 g/mol. The molecule has 0 fully saturated rings. The Hall–Kier alpha value is -2.08. The molecule has 0 saturated heterocycles. The number of esters is 1. The van der Waals surface area contributed by atoms with Gasteiger partial charge in [-0.25, -0.2) is 4.79 Å². The third-order valence-corrected chi connectivity index (χ3v) is 2.83. The van der Waals surface area contributed by atoms with Gasteiger partial charge in [0, 0.05) is 5.57 Å². The van der Waals surface area contributed by atoms with Gasteiger partial charge in [0.25, 0.3) is 0 Å². The van der Waals surface area contributed by atoms with Gasteiger partial charge in [-0.2, -0.15) is 5.26 Å². The van der Waals surface area contributed by atoms with Crippen molar-refractivity contribution in [1.82, 2.24) is 0 Å². The summed E-state index contributed by atoms with van der Waals surface area (Å²) in [6.45, 7) is 3.98. The average Bonchev–Trinajstić information content (AvgIpc) is 2.43. The second-order valence-corrected chi connectivity index (χ2v) is 4.03. The molecule has 1 aromatic carbocycles. The molecular formula is C15H17NO2. The third-order valence-electron chi connectivity index (χ3n) is 2.83. The summed E-state index contributed by atoms with van der Waals surface area (Å²) in [5.41, 5.74) is 3.25. The molecule has 0 aliphatic carbocycles. The van der Waals surface area contributed by atoms with Gasteiger partial charge >= 0.3 is 5.97 Å². The van der Waals surface area contributed by atoms with E-state index in [0.29, 0.717) is 5.56 Å². The lowest BCUT2D eigenvalue weighted by atomic mass is 9.98. The van der Waals surface area contributed by atoms with E-state index < -0.39 is 0 Å². The molecule has 3 nitrogen and oxygen atoms in total. The summed E-state index contributed by atoms with van der Waals surface area (Å²) >= 11 is 0. The van der Waals surface area contributed by atoms with Crippen molar-refractivity contribution in [1.29, 1.82) is 5.26 Å². The summed E-state index contributed by atoms with van der Waals surface area (Å²) < 4.78 is 4.64. The highest BCUT2D eigenvalue weighted by Gasteiger charge is 2.07. The number of ether oxygens (including phenoxy) is 1. The van der Waals surface area contributed by atoms with Gasteiger partial charge in [-0.15, -0.1) is 0 Å². The van der Waals surface area contributed by atoms with Gasteiger partial charge < -0.3 is 4.74 Å². The van der Waals surface area contributed by atoms with E-state index in [1.165, 1.54) is 7.11 Å². The van der Waals surface area contributed by atoms with Crippen molar-refractivity contribution >= 4 is 11.5 Å². The van der Waals surface area contributed by atoms with Crippen LogP contribution >= 0.6 is 0 Å². The number of hydrogen-bond acceptors (Lipinski definition) is 3. The molecule has 18 heavy (non-hydrogen) atoms. The Balaban J connectivity index is 3.05. The highest BCUT2D eigenvalue weighted by atomic mass is 16.5. The molecule has 94 valence electrons. The van der Waals surface area contributed by atoms with Crippen LogP contribution in [0.2, 0.25) is 0 Å². The summed E-state index contributed by atoms with van der Waals surface area (Å²) in [4.78, 5) is 11.3. The van der Waals surface area contributed by atoms with Crippen LogP contribution in [0, 0.1) is 11.3 Å². The molecule has 0 aliphatic heterocycles. The Kier molecular flexibility index (Phi) is 5.13. The molecule has 0 aromatic heterocycles. The first-order valence-corrected chi connectivity index (χ1v) is 5.92. The van der Waals surface area contributed by atoms with Gasteiger partial charge in [0.2, 0.25) is 0 Å². The first-order valence-electron chi connectivity index (χ1n) is 5.92. The highest BCUT2D eigenvalue weighted by Crippen LogP contribution is 2.21. The highest BCUT2D eigenvalue weighted by molar-refractivity contribution is 5.89. The number of nitriles is 1. The minimum atomic E-state index is -0.350. The lowest BCUT2D eigenvalue weighted by Gasteiger charge is -2.06. The van der Waals surface area contributed by atoms with E-state index in [1.54, 1.807) is 12.1 Å². The number of benzene rings is 1. The fraction of sp³-hybridized carbons (Fsp3) is 0.333. The SMILES string of the molecule is CCC/C(C#N)=C(\C)c1ccc(C(=O)OC)cc1. The summed E-state index contributed by atoms with van der Waals surface area (Å²) in [7, 11) is 1.36. The number of rotatable bonds is 4. The minimum Gasteiger partial charge on any atom is -0.465 e. The Labute approximate surface area is 108 Å². The molecule has 3 heteroatoms. The van der Waals surface area contributed by atoms with Crippen molar-refractivity contribution in [3.05, 3.63) is 41.0 Å². The monoisotopic (exact) mass is 243 g/mol. The predicted molar refractivity (Wildman–Crippen MR) is 70.9 cm³/mol. The van der Waals surface area contributed by atoms with Gasteiger partial charge in [-0.3, -0.25) is 0 Å². The molecule has 0 heterocycles. The van der Waals surface area contributed by atoms with Crippen LogP contribution in [0.25, 0.3) is 5.57 Å². The Morgan fingerprint density at radius 3 is 2.28 bits per heavy atom. The maximum atomic E-state index is 11.3. The topological polar surface area (TPSA) is 50.1 Å². The van der Waals surface area contributed by atoms with E-state index in [0.717, 1.165) is 29.6 Å². The number of carbonyl (C=O) groups excluding carboxylic acids is 1. The van der Waals surface area contributed by atoms with Crippen molar-refractivity contribution in [2.45, 2.75) is 26.7 Å². The number of nitrogens with zero attached hydrogens (tertiary/aromatic N) is 1. The second kappa shape index (κ2) is 6.61. The summed E-state index contributed by atoms with van der Waals surface area (Å²) in [6, 6.07) is 9.35. The number of hydrogen-bond donors (Lipinski definition) is 0. The van der Waals surface area contributed by atoms with Crippen LogP contribution in [0.5, 0.6) is 0 Å². The van der Waals surface area contributed by atoms with Crippen molar-refractivity contribution < 1.29 is 9.53 Å². The minimum absolute atomic E-state index is 0.350. The molecule has 1 aromatic rings. The van der Waals surface area contributed by atoms with Gasteiger partial charge in [-0.1, -0.05) is 25.5 Å². The standard InChI is InChI=1S/C15H17NO2/c1-4-5-14(10-16)11(2)12-6-8-13(9-7-12)15(17)18-3/h6-9H,4-5H2,1-3H3/b14-11-. The maximum Gasteiger partial charge on any atom is 0.337 e. The predicted octanol–water partition coefficient (Wildman–Crippen LogP) is 3.57. The van der Waals surface area contributed by atoms with Crippen molar-refractivity contribution in [2.75, 3.05) is 7.11 Å². The van der Waals surface area contributed by atoms with Crippen LogP contribution in [0.4, 0.5) is 0 Å². The molecule has 0 spiro atoms. The van der Waals surface area contributed by atoms with E-state index in [-0.39, 0.29) is 5.97 Å². The first kappa shape index (κ1) is 14.0. The molecule has 0 N–H and O–H groups in total. The Morgan fingerprint density at radius 2 is 1.83 bits per heavy atom. The van der Waals surface area contributed by atoms with E-state index in [1.807, 2.05) is 26.0 Å². The Bertz CT molecular complexity index is 492. The largest absolute Gasteiger partial charge is 0.465 e. The molecule has 1 rings (SSSR count). The third kappa shape index (κ3) is 3.21. The average molecular weight is 243 g/mol. The van der Waals surface area contributed by atoms with Gasteiger partial charge in [0.1, 0.15) is 0 Å². The van der Waals surface area contributed by atoms with Crippen molar-refractivity contribution in [2.24, 2.45) is 0 Å². The van der Waals surface area contributed by atoms with Crippen LogP contribution in [0.15, 0.2) is 29.8 Å². The number of carbonyl (C=O) groups is 1. The zero-order valence-electron chi connectivity index (χ0n) is 11.0. The first-order chi connectivity index (χ1) is 8.63. The quantitative estimate of drug-likeness (QED) is 0.600. The Morgan fingerprint density at radius 1 is 1.28 bits per heavy atom. The smallest absolute Gasteiger partial charge is 0.337 e. The van der Waals surface area contributed by atoms with Gasteiger partial charge in [0.05, 0.1) is 18.7 Å². The summed E-state index contributed by atoms with van der Waals surface area (Å²) in [5, 5.41) is 9.09. The normalized spacial score (nSPS) is 11.4. The molecule has 0 unspecified atom stereocenters. The van der Waals surface area contributed by atoms with Crippen molar-refractivity contribution in [3.8, 4) is 6.07 Å². The fourth-order valence-electron chi connectivity index (χ4n) is 1.73. The lowest BCUT2D eigenvalue weighted by Crippen LogP contribution is -2.00. The summed E-state index contributed by atoms with van der Waals surface area (Å²) in [5.74, 6) is -0.350. The molecule has 0 aliphatic rings. The maximum absolute atomic E-state index is 11.3. The van der Waals surface area contributed by atoms with Crippen LogP contribution < -0.4 is 0 Å². The van der Waals surface area contributed by atoms with E-state index in [9.17, 15) is 4.79 Å². The van der Waals surface area contributed by atoms with Crippen LogP contribution in [-0.4, -0.2) is 13.1 Å². The van der Waals surface area contributed by atoms with Gasteiger partial charge in [0.15, 0.2) is 0 Å². The molecule has 0 radical (unpaired) electrons. The lowest BCUT2D eigenvalue weighted by molar-refractivity contribution is 0.0600. The molecule has 0 bridgehead atoms. The molecule has 0 amide bonds. The number of allylic oxidation sites excluding steroid dienone is 2. The van der Waals surface area contributed by atoms with Crippen molar-refractivity contribution in [3.63, 3.8) is 0 Å². The van der Waals surface area contributed by atoms with Crippen LogP contribution in [-0.2, 0) is 4.74 Å². The molecule has 0 atom stereocenters. The van der Waals surface area contributed by atoms with E-state index in [4.69, 9.17) is 5.26 Å². The zero-order valence-corrected chi connectivity index (χ0v) is 11.0. The van der Waals surface area contributed by atoms with Crippen LogP contribution in [0.1, 0.15) is 42.6 Å². The number of methoxy groups -OCH3 is 1. The zero-order chi connectivity index (χ0) is 13.5. The van der Waals surface area contributed by atoms with Gasteiger partial charge in [-0.05, 0) is 36.6 Å².